The van der Waals surface area contributed by atoms with Crippen LogP contribution in [0.1, 0.15) is 37.7 Å². The maximum atomic E-state index is 13.7. The highest BCUT2D eigenvalue weighted by Gasteiger charge is 2.28. The van der Waals surface area contributed by atoms with Crippen LogP contribution in [0.4, 0.5) is 4.39 Å². The van der Waals surface area contributed by atoms with Gasteiger partial charge in [-0.2, -0.15) is 0 Å². The summed E-state index contributed by atoms with van der Waals surface area (Å²) >= 11 is 5.71. The molecule has 1 saturated carbocycles. The molecule has 2 unspecified atom stereocenters. The molecule has 1 aliphatic rings. The molecule has 0 saturated heterocycles. The van der Waals surface area contributed by atoms with Crippen LogP contribution in [0.3, 0.4) is 0 Å². The first-order valence-electron chi connectivity index (χ1n) is 6.88. The Labute approximate surface area is 118 Å². The number of hydrogen-bond donors (Lipinski definition) is 2. The van der Waals surface area contributed by atoms with E-state index in [4.69, 9.17) is 11.6 Å². The summed E-state index contributed by atoms with van der Waals surface area (Å²) in [7, 11) is 0. The topological polar surface area (TPSA) is 40.5 Å². The molecule has 4 heteroatoms. The quantitative estimate of drug-likeness (QED) is 0.891. The second-order valence-electron chi connectivity index (χ2n) is 5.37. The average molecular weight is 287 g/mol. The zero-order valence-corrected chi connectivity index (χ0v) is 11.6. The maximum absolute atomic E-state index is 13.7. The fourth-order valence-corrected chi connectivity index (χ4v) is 3.04. The first-order chi connectivity index (χ1) is 9.09. The van der Waals surface area contributed by atoms with Crippen LogP contribution in [0.5, 0.6) is 0 Å². The van der Waals surface area contributed by atoms with Gasteiger partial charge in [-0.15, -0.1) is 0 Å². The van der Waals surface area contributed by atoms with E-state index in [-0.39, 0.29) is 17.4 Å². The van der Waals surface area contributed by atoms with Crippen LogP contribution in [-0.4, -0.2) is 22.4 Å². The maximum Gasteiger partial charge on any atom is 0.145 e. The Bertz CT molecular complexity index is 419. The Kier molecular flexibility index (Phi) is 5.20. The molecule has 0 aliphatic heterocycles. The van der Waals surface area contributed by atoms with Crippen LogP contribution < -0.4 is 0 Å². The average Bonchev–Trinajstić information content (AvgIpc) is 2.44. The van der Waals surface area contributed by atoms with Crippen molar-refractivity contribution in [1.29, 1.82) is 0 Å². The first-order valence-corrected chi connectivity index (χ1v) is 7.26. The Morgan fingerprint density at radius 2 is 1.89 bits per heavy atom. The Morgan fingerprint density at radius 1 is 1.21 bits per heavy atom. The highest BCUT2D eigenvalue weighted by molar-refractivity contribution is 6.30. The van der Waals surface area contributed by atoms with Gasteiger partial charge in [-0.3, -0.25) is 0 Å². The summed E-state index contributed by atoms with van der Waals surface area (Å²) in [5.41, 5.74) is 0.356. The number of aliphatic hydroxyl groups is 2. The number of rotatable bonds is 4. The molecule has 0 radical (unpaired) electrons. The second kappa shape index (κ2) is 6.69. The summed E-state index contributed by atoms with van der Waals surface area (Å²) in [6.45, 7) is 0. The standard InChI is InChI=1S/C15H20ClFO2/c16-12-8-4-7-11(14(12)17)9-13(18)15(19)10-5-2-1-3-6-10/h4,7-8,10,13,15,18-19H,1-3,5-6,9H2. The molecule has 1 aliphatic carbocycles. The van der Waals surface area contributed by atoms with E-state index in [9.17, 15) is 14.6 Å². The summed E-state index contributed by atoms with van der Waals surface area (Å²) in [5, 5.41) is 20.3. The Balaban J connectivity index is 1.99. The number of halogens is 2. The zero-order valence-electron chi connectivity index (χ0n) is 10.9. The predicted molar refractivity (Wildman–Crippen MR) is 73.7 cm³/mol. The Morgan fingerprint density at radius 3 is 2.58 bits per heavy atom. The van der Waals surface area contributed by atoms with Crippen molar-refractivity contribution in [3.8, 4) is 0 Å². The molecule has 0 spiro atoms. The van der Waals surface area contributed by atoms with E-state index in [1.54, 1.807) is 12.1 Å². The van der Waals surface area contributed by atoms with Crippen LogP contribution in [0.25, 0.3) is 0 Å². The van der Waals surface area contributed by atoms with E-state index in [1.165, 1.54) is 12.5 Å². The van der Waals surface area contributed by atoms with Crippen LogP contribution >= 0.6 is 11.6 Å². The summed E-state index contributed by atoms with van der Waals surface area (Å²) in [6.07, 6.45) is 3.66. The summed E-state index contributed by atoms with van der Waals surface area (Å²) in [6, 6.07) is 4.73. The van der Waals surface area contributed by atoms with Crippen molar-refractivity contribution in [1.82, 2.24) is 0 Å². The lowest BCUT2D eigenvalue weighted by atomic mass is 9.82. The molecule has 2 nitrogen and oxygen atoms in total. The fourth-order valence-electron chi connectivity index (χ4n) is 2.84. The fraction of sp³-hybridized carbons (Fsp3) is 0.600. The lowest BCUT2D eigenvalue weighted by Crippen LogP contribution is -2.36. The van der Waals surface area contributed by atoms with Crippen LogP contribution in [0.15, 0.2) is 18.2 Å². The van der Waals surface area contributed by atoms with Crippen molar-refractivity contribution in [2.75, 3.05) is 0 Å². The molecular formula is C15H20ClFO2. The summed E-state index contributed by atoms with van der Waals surface area (Å²) in [4.78, 5) is 0. The highest BCUT2D eigenvalue weighted by Crippen LogP contribution is 2.29. The minimum absolute atomic E-state index is 0.0526. The molecule has 1 fully saturated rings. The van der Waals surface area contributed by atoms with Gasteiger partial charge in [0.05, 0.1) is 17.2 Å². The van der Waals surface area contributed by atoms with E-state index in [1.807, 2.05) is 0 Å². The number of aliphatic hydroxyl groups excluding tert-OH is 2. The van der Waals surface area contributed by atoms with Gasteiger partial charge in [0.25, 0.3) is 0 Å². The first kappa shape index (κ1) is 14.8. The van der Waals surface area contributed by atoms with Gasteiger partial charge in [0.1, 0.15) is 5.82 Å². The SMILES string of the molecule is OC(Cc1cccc(Cl)c1F)C(O)C1CCCCC1. The van der Waals surface area contributed by atoms with Crippen molar-refractivity contribution in [2.24, 2.45) is 5.92 Å². The predicted octanol–water partition coefficient (Wildman–Crippen LogP) is 3.32. The van der Waals surface area contributed by atoms with Gasteiger partial charge in [0.2, 0.25) is 0 Å². The molecule has 0 aromatic heterocycles. The second-order valence-corrected chi connectivity index (χ2v) is 5.78. The van der Waals surface area contributed by atoms with E-state index in [0.29, 0.717) is 5.56 Å². The molecule has 0 heterocycles. The van der Waals surface area contributed by atoms with Crippen molar-refractivity contribution in [3.05, 3.63) is 34.6 Å². The molecule has 0 amide bonds. The van der Waals surface area contributed by atoms with Gasteiger partial charge < -0.3 is 10.2 Å². The molecule has 2 N–H and O–H groups in total. The lowest BCUT2D eigenvalue weighted by Gasteiger charge is -2.29. The molecule has 19 heavy (non-hydrogen) atoms. The van der Waals surface area contributed by atoms with Crippen LogP contribution in [0, 0.1) is 11.7 Å². The van der Waals surface area contributed by atoms with Crippen molar-refractivity contribution >= 4 is 11.6 Å². The minimum atomic E-state index is -0.934. The smallest absolute Gasteiger partial charge is 0.145 e. The molecule has 1 aromatic rings. The normalized spacial score (nSPS) is 20.2. The largest absolute Gasteiger partial charge is 0.390 e. The van der Waals surface area contributed by atoms with E-state index in [2.05, 4.69) is 0 Å². The van der Waals surface area contributed by atoms with Crippen molar-refractivity contribution in [2.45, 2.75) is 50.7 Å². The van der Waals surface area contributed by atoms with E-state index >= 15 is 0 Å². The van der Waals surface area contributed by atoms with Crippen LogP contribution in [0.2, 0.25) is 5.02 Å². The van der Waals surface area contributed by atoms with Gasteiger partial charge in [-0.05, 0) is 30.4 Å². The minimum Gasteiger partial charge on any atom is -0.390 e. The molecule has 2 rings (SSSR count). The van der Waals surface area contributed by atoms with Gasteiger partial charge in [0.15, 0.2) is 0 Å². The lowest BCUT2D eigenvalue weighted by molar-refractivity contribution is -0.0266. The van der Waals surface area contributed by atoms with E-state index in [0.717, 1.165) is 25.7 Å². The van der Waals surface area contributed by atoms with Crippen LogP contribution in [-0.2, 0) is 6.42 Å². The van der Waals surface area contributed by atoms with Crippen molar-refractivity contribution < 1.29 is 14.6 Å². The van der Waals surface area contributed by atoms with Crippen molar-refractivity contribution in [3.63, 3.8) is 0 Å². The third-order valence-electron chi connectivity index (χ3n) is 3.99. The number of hydrogen-bond acceptors (Lipinski definition) is 2. The van der Waals surface area contributed by atoms with E-state index < -0.39 is 18.0 Å². The number of benzene rings is 1. The molecule has 1 aromatic carbocycles. The molecule has 0 bridgehead atoms. The monoisotopic (exact) mass is 286 g/mol. The van der Waals surface area contributed by atoms with Gasteiger partial charge in [0, 0.05) is 6.42 Å². The molecule has 106 valence electrons. The summed E-state index contributed by atoms with van der Waals surface area (Å²) < 4.78 is 13.7. The molecular weight excluding hydrogens is 267 g/mol. The molecule has 2 atom stereocenters. The van der Waals surface area contributed by atoms with Gasteiger partial charge >= 0.3 is 0 Å². The highest BCUT2D eigenvalue weighted by atomic mass is 35.5. The zero-order chi connectivity index (χ0) is 13.8. The third kappa shape index (κ3) is 3.68. The summed E-state index contributed by atoms with van der Waals surface area (Å²) in [5.74, 6) is -0.370. The Hall–Kier alpha value is -0.640. The third-order valence-corrected chi connectivity index (χ3v) is 4.28. The van der Waals surface area contributed by atoms with Gasteiger partial charge in [-0.1, -0.05) is 43.0 Å². The van der Waals surface area contributed by atoms with Gasteiger partial charge in [-0.25, -0.2) is 4.39 Å².